The Labute approximate surface area is 171 Å². The number of nitrogens with zero attached hydrogens (tertiary/aromatic N) is 1. The van der Waals surface area contributed by atoms with Gasteiger partial charge < -0.3 is 21.1 Å². The van der Waals surface area contributed by atoms with Gasteiger partial charge >= 0.3 is 0 Å². The van der Waals surface area contributed by atoms with E-state index in [9.17, 15) is 9.90 Å². The topological polar surface area (TPSA) is 104 Å². The third-order valence-corrected chi connectivity index (χ3v) is 4.88. The summed E-state index contributed by atoms with van der Waals surface area (Å²) in [6.45, 7) is 5.80. The van der Waals surface area contributed by atoms with Crippen molar-refractivity contribution in [3.63, 3.8) is 0 Å². The van der Waals surface area contributed by atoms with Gasteiger partial charge in [-0.3, -0.25) is 4.79 Å². The van der Waals surface area contributed by atoms with Crippen LogP contribution in [0.15, 0.2) is 54.6 Å². The van der Waals surface area contributed by atoms with Gasteiger partial charge in [0.05, 0.1) is 11.7 Å². The molecule has 3 aromatic rings. The van der Waals surface area contributed by atoms with Crippen LogP contribution in [-0.2, 0) is 11.2 Å². The molecule has 1 amide bonds. The van der Waals surface area contributed by atoms with Gasteiger partial charge in [-0.2, -0.15) is 0 Å². The second kappa shape index (κ2) is 8.92. The first-order valence-corrected chi connectivity index (χ1v) is 9.81. The summed E-state index contributed by atoms with van der Waals surface area (Å²) in [5, 5.41) is 12.5. The summed E-state index contributed by atoms with van der Waals surface area (Å²) in [4.78, 5) is 20.7. The number of H-pyrrole nitrogens is 1. The van der Waals surface area contributed by atoms with Crippen molar-refractivity contribution in [2.24, 2.45) is 5.73 Å². The van der Waals surface area contributed by atoms with Gasteiger partial charge in [0.15, 0.2) is 0 Å². The summed E-state index contributed by atoms with van der Waals surface area (Å²) in [5.41, 5.74) is 10.1. The molecular formula is C23H28N4O2. The predicted octanol–water partition coefficient (Wildman–Crippen LogP) is 3.27. The predicted molar refractivity (Wildman–Crippen MR) is 115 cm³/mol. The molecule has 2 unspecified atom stereocenters. The van der Waals surface area contributed by atoms with Crippen molar-refractivity contribution in [3.8, 4) is 17.0 Å². The van der Waals surface area contributed by atoms with E-state index in [0.29, 0.717) is 6.42 Å². The van der Waals surface area contributed by atoms with Crippen LogP contribution in [0.5, 0.6) is 5.75 Å². The molecule has 1 aromatic heterocycles. The van der Waals surface area contributed by atoms with Crippen LogP contribution in [0, 0.1) is 6.92 Å². The van der Waals surface area contributed by atoms with Gasteiger partial charge in [0.2, 0.25) is 5.91 Å². The van der Waals surface area contributed by atoms with Crippen LogP contribution < -0.4 is 11.1 Å². The van der Waals surface area contributed by atoms with Crippen molar-refractivity contribution < 1.29 is 9.90 Å². The summed E-state index contributed by atoms with van der Waals surface area (Å²) in [5.74, 6) is 0.452. The number of carbonyl (C=O) groups is 1. The van der Waals surface area contributed by atoms with Crippen LogP contribution >= 0.6 is 0 Å². The quantitative estimate of drug-likeness (QED) is 0.495. The molecule has 0 saturated heterocycles. The van der Waals surface area contributed by atoms with Gasteiger partial charge in [-0.25, -0.2) is 4.98 Å². The van der Waals surface area contributed by atoms with E-state index in [1.807, 2.05) is 51.1 Å². The molecule has 2 aromatic carbocycles. The third kappa shape index (κ3) is 5.03. The third-order valence-electron chi connectivity index (χ3n) is 4.88. The molecule has 0 bridgehead atoms. The summed E-state index contributed by atoms with van der Waals surface area (Å²) in [7, 11) is 0. The minimum Gasteiger partial charge on any atom is -0.508 e. The first kappa shape index (κ1) is 20.6. The van der Waals surface area contributed by atoms with Crippen LogP contribution in [0.1, 0.15) is 36.8 Å². The van der Waals surface area contributed by atoms with Gasteiger partial charge in [-0.15, -0.1) is 0 Å². The Balaban J connectivity index is 1.91. The number of aromatic hydroxyl groups is 1. The Morgan fingerprint density at radius 3 is 2.41 bits per heavy atom. The van der Waals surface area contributed by atoms with Crippen molar-refractivity contribution in [1.82, 2.24) is 15.3 Å². The first-order chi connectivity index (χ1) is 13.8. The fourth-order valence-electron chi connectivity index (χ4n) is 3.44. The number of phenolic OH excluding ortho intramolecular Hbond substituents is 1. The number of aryl methyl sites for hydroxylation is 1. The number of amides is 1. The number of nitrogens with one attached hydrogen (secondary N) is 2. The van der Waals surface area contributed by atoms with Gasteiger partial charge in [0, 0.05) is 29.6 Å². The lowest BCUT2D eigenvalue weighted by Crippen LogP contribution is -2.47. The van der Waals surface area contributed by atoms with E-state index in [1.165, 1.54) is 0 Å². The fraction of sp³-hybridized carbons (Fsp3) is 0.304. The van der Waals surface area contributed by atoms with Crippen molar-refractivity contribution in [2.75, 3.05) is 0 Å². The maximum absolute atomic E-state index is 12.6. The number of hydrogen-bond donors (Lipinski definition) is 4. The van der Waals surface area contributed by atoms with E-state index in [4.69, 9.17) is 10.7 Å². The van der Waals surface area contributed by atoms with E-state index in [0.717, 1.165) is 28.3 Å². The molecule has 1 heterocycles. The molecule has 0 aliphatic carbocycles. The van der Waals surface area contributed by atoms with Crippen LogP contribution in [0.3, 0.4) is 0 Å². The monoisotopic (exact) mass is 392 g/mol. The molecule has 0 aliphatic heterocycles. The molecule has 0 fully saturated rings. The van der Waals surface area contributed by atoms with E-state index in [2.05, 4.69) is 10.3 Å². The second-order valence-corrected chi connectivity index (χ2v) is 7.61. The number of benzene rings is 2. The number of carbonyl (C=O) groups excluding carboxylic acids is 1. The zero-order chi connectivity index (χ0) is 21.0. The molecule has 3 rings (SSSR count). The van der Waals surface area contributed by atoms with Crippen LogP contribution in [-0.4, -0.2) is 33.1 Å². The minimum atomic E-state index is -0.743. The Kier molecular flexibility index (Phi) is 6.34. The lowest BCUT2D eigenvalue weighted by molar-refractivity contribution is -0.123. The number of imidazole rings is 1. The number of nitrogens with two attached hydrogens (primary N) is 1. The van der Waals surface area contributed by atoms with Crippen molar-refractivity contribution >= 4 is 5.91 Å². The number of aromatic nitrogens is 2. The molecule has 152 valence electrons. The highest BCUT2D eigenvalue weighted by Gasteiger charge is 2.28. The Morgan fingerprint density at radius 2 is 1.79 bits per heavy atom. The van der Waals surface area contributed by atoms with Gasteiger partial charge in [0.1, 0.15) is 11.6 Å². The van der Waals surface area contributed by atoms with E-state index < -0.39 is 6.04 Å². The standard InChI is InChI=1S/C23H28N4O2/c1-14(2)25-23(29)21(24)19(16-9-11-18(28)12-10-16)13-20-26-15(3)22(27-20)17-7-5-4-6-8-17/h4-12,14,19,21,28H,13,24H2,1-3H3,(H,25,29)(H,26,27). The lowest BCUT2D eigenvalue weighted by atomic mass is 9.88. The molecule has 2 atom stereocenters. The maximum Gasteiger partial charge on any atom is 0.237 e. The van der Waals surface area contributed by atoms with E-state index in [1.54, 1.807) is 24.3 Å². The van der Waals surface area contributed by atoms with Crippen molar-refractivity contribution in [1.29, 1.82) is 0 Å². The SMILES string of the molecule is Cc1[nH]c(CC(c2ccc(O)cc2)C(N)C(=O)NC(C)C)nc1-c1ccccc1. The molecule has 0 spiro atoms. The zero-order valence-corrected chi connectivity index (χ0v) is 17.0. The summed E-state index contributed by atoms with van der Waals surface area (Å²) in [6.07, 6.45) is 0.477. The normalized spacial score (nSPS) is 13.3. The first-order valence-electron chi connectivity index (χ1n) is 9.81. The molecular weight excluding hydrogens is 364 g/mol. The van der Waals surface area contributed by atoms with Crippen molar-refractivity contribution in [2.45, 2.75) is 45.2 Å². The molecule has 0 aliphatic rings. The Bertz CT molecular complexity index is 949. The van der Waals surface area contributed by atoms with Gasteiger partial charge in [0.25, 0.3) is 0 Å². The van der Waals surface area contributed by atoms with E-state index >= 15 is 0 Å². The number of aromatic amines is 1. The molecule has 5 N–H and O–H groups in total. The van der Waals surface area contributed by atoms with Crippen LogP contribution in [0.4, 0.5) is 0 Å². The van der Waals surface area contributed by atoms with Crippen LogP contribution in [0.25, 0.3) is 11.3 Å². The lowest BCUT2D eigenvalue weighted by Gasteiger charge is -2.24. The molecule has 0 radical (unpaired) electrons. The average molecular weight is 393 g/mol. The molecule has 0 saturated carbocycles. The fourth-order valence-corrected chi connectivity index (χ4v) is 3.44. The Morgan fingerprint density at radius 1 is 1.14 bits per heavy atom. The van der Waals surface area contributed by atoms with Crippen molar-refractivity contribution in [3.05, 3.63) is 71.7 Å². The van der Waals surface area contributed by atoms with E-state index in [-0.39, 0.29) is 23.6 Å². The average Bonchev–Trinajstić information content (AvgIpc) is 3.07. The molecule has 29 heavy (non-hydrogen) atoms. The van der Waals surface area contributed by atoms with Gasteiger partial charge in [-0.1, -0.05) is 42.5 Å². The maximum atomic E-state index is 12.6. The molecule has 6 heteroatoms. The minimum absolute atomic E-state index is 0.00422. The number of rotatable bonds is 7. The summed E-state index contributed by atoms with van der Waals surface area (Å²) < 4.78 is 0. The molecule has 6 nitrogen and oxygen atoms in total. The van der Waals surface area contributed by atoms with Crippen LogP contribution in [0.2, 0.25) is 0 Å². The number of phenols is 1. The smallest absolute Gasteiger partial charge is 0.237 e. The summed E-state index contributed by atoms with van der Waals surface area (Å²) >= 11 is 0. The summed E-state index contributed by atoms with van der Waals surface area (Å²) in [6, 6.07) is 16.1. The highest BCUT2D eigenvalue weighted by Crippen LogP contribution is 2.27. The Hall–Kier alpha value is -3.12. The zero-order valence-electron chi connectivity index (χ0n) is 17.0. The highest BCUT2D eigenvalue weighted by molar-refractivity contribution is 5.83. The highest BCUT2D eigenvalue weighted by atomic mass is 16.3. The second-order valence-electron chi connectivity index (χ2n) is 7.61. The number of hydrogen-bond acceptors (Lipinski definition) is 4. The van der Waals surface area contributed by atoms with Gasteiger partial charge in [-0.05, 0) is 38.5 Å². The largest absolute Gasteiger partial charge is 0.508 e.